The van der Waals surface area contributed by atoms with Gasteiger partial charge in [0.25, 0.3) is 5.91 Å². The van der Waals surface area contributed by atoms with Crippen LogP contribution in [-0.2, 0) is 4.79 Å². The van der Waals surface area contributed by atoms with Crippen LogP contribution in [0.4, 0.5) is 4.39 Å². The van der Waals surface area contributed by atoms with E-state index in [0.717, 1.165) is 31.1 Å². The first-order valence-corrected chi connectivity index (χ1v) is 8.10. The van der Waals surface area contributed by atoms with E-state index in [0.29, 0.717) is 10.5 Å². The van der Waals surface area contributed by atoms with E-state index >= 15 is 0 Å². The lowest BCUT2D eigenvalue weighted by atomic mass is 10.1. The molecule has 2 aliphatic heterocycles. The van der Waals surface area contributed by atoms with Crippen LogP contribution in [0.1, 0.15) is 24.8 Å². The van der Waals surface area contributed by atoms with Crippen molar-refractivity contribution in [2.24, 2.45) is 4.99 Å². The Morgan fingerprint density at radius 3 is 2.77 bits per heavy atom. The summed E-state index contributed by atoms with van der Waals surface area (Å²) in [5, 5.41) is 0.768. The third-order valence-electron chi connectivity index (χ3n) is 3.71. The number of benzene rings is 1. The second-order valence-corrected chi connectivity index (χ2v) is 6.26. The third kappa shape index (κ3) is 3.16. The van der Waals surface area contributed by atoms with Gasteiger partial charge in [0, 0.05) is 13.1 Å². The molecule has 2 aliphatic rings. The molecule has 3 rings (SSSR count). The molecule has 22 heavy (non-hydrogen) atoms. The molecule has 1 saturated heterocycles. The summed E-state index contributed by atoms with van der Waals surface area (Å²) in [4.78, 5) is 18.8. The van der Waals surface area contributed by atoms with Gasteiger partial charge in [-0.2, -0.15) is 4.99 Å². The topological polar surface area (TPSA) is 41.9 Å². The fourth-order valence-electron chi connectivity index (χ4n) is 2.54. The first kappa shape index (κ1) is 15.1. The van der Waals surface area contributed by atoms with Gasteiger partial charge in [0.2, 0.25) is 0 Å². The Hall–Kier alpha value is -1.82. The zero-order valence-electron chi connectivity index (χ0n) is 12.3. The Bertz CT molecular complexity index is 652. The molecule has 1 fully saturated rings. The maximum atomic E-state index is 13.7. The molecule has 1 amide bonds. The molecule has 0 saturated carbocycles. The van der Waals surface area contributed by atoms with Crippen LogP contribution in [0.3, 0.4) is 0 Å². The molecule has 1 aromatic rings. The molecule has 0 aliphatic carbocycles. The van der Waals surface area contributed by atoms with Crippen LogP contribution in [0.25, 0.3) is 6.08 Å². The highest BCUT2D eigenvalue weighted by Crippen LogP contribution is 2.32. The molecule has 0 atom stereocenters. The van der Waals surface area contributed by atoms with Crippen molar-refractivity contribution in [1.82, 2.24) is 4.90 Å². The van der Waals surface area contributed by atoms with E-state index < -0.39 is 5.82 Å². The predicted octanol–water partition coefficient (Wildman–Crippen LogP) is 3.29. The standard InChI is InChI=1S/C16H17FN2O2S/c1-21-13-6-5-11(9-12(13)17)10-14-15(20)18-16(22-14)19-7-3-2-4-8-19/h5-6,9-10H,2-4,7-8H2,1H3/b14-10-. The average Bonchev–Trinajstić information content (AvgIpc) is 2.89. The number of amidine groups is 1. The minimum absolute atomic E-state index is 0.192. The Morgan fingerprint density at radius 2 is 2.09 bits per heavy atom. The van der Waals surface area contributed by atoms with Crippen LogP contribution in [-0.4, -0.2) is 36.2 Å². The maximum Gasteiger partial charge on any atom is 0.286 e. The maximum absolute atomic E-state index is 13.7. The number of rotatable bonds is 2. The number of halogens is 1. The number of hydrogen-bond acceptors (Lipinski definition) is 4. The smallest absolute Gasteiger partial charge is 0.286 e. The first-order chi connectivity index (χ1) is 10.7. The minimum Gasteiger partial charge on any atom is -0.494 e. The number of carbonyl (C=O) groups is 1. The van der Waals surface area contributed by atoms with Gasteiger partial charge in [-0.25, -0.2) is 4.39 Å². The fourth-order valence-corrected chi connectivity index (χ4v) is 3.51. The van der Waals surface area contributed by atoms with Crippen LogP contribution < -0.4 is 4.74 Å². The molecule has 4 nitrogen and oxygen atoms in total. The summed E-state index contributed by atoms with van der Waals surface area (Å²) in [6, 6.07) is 4.64. The van der Waals surface area contributed by atoms with Crippen molar-refractivity contribution in [2.75, 3.05) is 20.2 Å². The normalized spacial score (nSPS) is 20.5. The molecule has 0 radical (unpaired) electrons. The van der Waals surface area contributed by atoms with E-state index in [4.69, 9.17) is 4.74 Å². The Balaban J connectivity index is 1.76. The molecule has 116 valence electrons. The third-order valence-corrected chi connectivity index (χ3v) is 4.75. The highest BCUT2D eigenvalue weighted by molar-refractivity contribution is 8.18. The molecule has 0 unspecified atom stereocenters. The minimum atomic E-state index is -0.440. The lowest BCUT2D eigenvalue weighted by Crippen LogP contribution is -2.33. The Labute approximate surface area is 133 Å². The van der Waals surface area contributed by atoms with Crippen LogP contribution in [0.2, 0.25) is 0 Å². The van der Waals surface area contributed by atoms with Gasteiger partial charge < -0.3 is 9.64 Å². The van der Waals surface area contributed by atoms with Crippen LogP contribution in [0.5, 0.6) is 5.75 Å². The van der Waals surface area contributed by atoms with E-state index in [1.54, 1.807) is 18.2 Å². The van der Waals surface area contributed by atoms with Gasteiger partial charge in [-0.15, -0.1) is 0 Å². The van der Waals surface area contributed by atoms with Crippen molar-refractivity contribution in [3.8, 4) is 5.75 Å². The van der Waals surface area contributed by atoms with Crippen molar-refractivity contribution in [1.29, 1.82) is 0 Å². The van der Waals surface area contributed by atoms with Crippen molar-refractivity contribution < 1.29 is 13.9 Å². The average molecular weight is 320 g/mol. The van der Waals surface area contributed by atoms with E-state index in [9.17, 15) is 9.18 Å². The SMILES string of the molecule is COc1ccc(/C=C2\SC(N3CCCCC3)=NC2=O)cc1F. The van der Waals surface area contributed by atoms with Crippen LogP contribution in [0.15, 0.2) is 28.1 Å². The van der Waals surface area contributed by atoms with E-state index in [-0.39, 0.29) is 11.7 Å². The predicted molar refractivity (Wildman–Crippen MR) is 86.4 cm³/mol. The van der Waals surface area contributed by atoms with E-state index in [1.807, 2.05) is 0 Å². The van der Waals surface area contributed by atoms with Gasteiger partial charge in [0.05, 0.1) is 12.0 Å². The molecule has 0 bridgehead atoms. The molecular weight excluding hydrogens is 303 g/mol. The van der Waals surface area contributed by atoms with E-state index in [2.05, 4.69) is 9.89 Å². The van der Waals surface area contributed by atoms with Crippen molar-refractivity contribution in [3.05, 3.63) is 34.5 Å². The molecule has 0 N–H and O–H groups in total. The highest BCUT2D eigenvalue weighted by Gasteiger charge is 2.26. The van der Waals surface area contributed by atoms with Gasteiger partial charge in [-0.05, 0) is 54.8 Å². The summed E-state index contributed by atoms with van der Waals surface area (Å²) < 4.78 is 18.6. The quantitative estimate of drug-likeness (QED) is 0.784. The second kappa shape index (κ2) is 6.52. The lowest BCUT2D eigenvalue weighted by molar-refractivity contribution is -0.113. The number of amides is 1. The summed E-state index contributed by atoms with van der Waals surface area (Å²) in [6.45, 7) is 1.90. The molecule has 0 spiro atoms. The summed E-state index contributed by atoms with van der Waals surface area (Å²) >= 11 is 1.37. The summed E-state index contributed by atoms with van der Waals surface area (Å²) in [5.41, 5.74) is 0.629. The molecule has 1 aromatic carbocycles. The van der Waals surface area contributed by atoms with Crippen molar-refractivity contribution in [2.45, 2.75) is 19.3 Å². The van der Waals surface area contributed by atoms with Gasteiger partial charge in [-0.1, -0.05) is 6.07 Å². The second-order valence-electron chi connectivity index (χ2n) is 5.25. The number of piperidine rings is 1. The Kier molecular flexibility index (Phi) is 4.47. The summed E-state index contributed by atoms with van der Waals surface area (Å²) in [5.74, 6) is -0.496. The first-order valence-electron chi connectivity index (χ1n) is 7.28. The van der Waals surface area contributed by atoms with Gasteiger partial charge in [-0.3, -0.25) is 4.79 Å². The molecular formula is C16H17FN2O2S. The molecule has 0 aromatic heterocycles. The lowest BCUT2D eigenvalue weighted by Gasteiger charge is -2.27. The largest absolute Gasteiger partial charge is 0.494 e. The number of carbonyl (C=O) groups excluding carboxylic acids is 1. The Morgan fingerprint density at radius 1 is 1.32 bits per heavy atom. The zero-order chi connectivity index (χ0) is 15.5. The molecule has 6 heteroatoms. The van der Waals surface area contributed by atoms with Gasteiger partial charge in [0.1, 0.15) is 0 Å². The zero-order valence-corrected chi connectivity index (χ0v) is 13.2. The highest BCUT2D eigenvalue weighted by atomic mass is 32.2. The number of ether oxygens (including phenoxy) is 1. The molecule has 2 heterocycles. The fraction of sp³-hybridized carbons (Fsp3) is 0.375. The number of likely N-dealkylation sites (tertiary alicyclic amines) is 1. The van der Waals surface area contributed by atoms with E-state index in [1.165, 1.54) is 31.4 Å². The monoisotopic (exact) mass is 320 g/mol. The van der Waals surface area contributed by atoms with Gasteiger partial charge in [0.15, 0.2) is 16.7 Å². The van der Waals surface area contributed by atoms with Crippen LogP contribution >= 0.6 is 11.8 Å². The number of aliphatic imine (C=N–C) groups is 1. The van der Waals surface area contributed by atoms with Crippen LogP contribution in [0, 0.1) is 5.82 Å². The summed E-state index contributed by atoms with van der Waals surface area (Å²) in [6.07, 6.45) is 5.18. The summed E-state index contributed by atoms with van der Waals surface area (Å²) in [7, 11) is 1.42. The van der Waals surface area contributed by atoms with Crippen molar-refractivity contribution in [3.63, 3.8) is 0 Å². The number of methoxy groups -OCH3 is 1. The number of nitrogens with zero attached hydrogens (tertiary/aromatic N) is 2. The van der Waals surface area contributed by atoms with Gasteiger partial charge >= 0.3 is 0 Å². The number of hydrogen-bond donors (Lipinski definition) is 0. The van der Waals surface area contributed by atoms with Crippen molar-refractivity contribution >= 4 is 28.9 Å². The number of thioether (sulfide) groups is 1.